The van der Waals surface area contributed by atoms with Gasteiger partial charge in [-0.25, -0.2) is 4.79 Å². The molecule has 0 bridgehead atoms. The minimum atomic E-state index is -1.34. The standard InChI is InChI=1S/C50H51N5O15S/c1-27(56)67-36-22-14-20-34(40(36)69-29(3)58)43(60)51-24-12-13-25-54(46(63)35-21-15-23-37(68-28(2)57)41(35)70-30(4)59)26-32-18-10-11-19-33(32)44(61)52-38(31-16-8-7-9-17-31)45(62)53-39-47(64)55-42(49(65)66)50(5,6)71-48(39)55/h7-11,14-23,38-39,42,48H,12-13,24-26H2,1-6H3,(H,51,60)(H,52,61)(H,53,62)(H,65,66)/t38?,39-,42+,48-/m1/s1. The molecule has 2 aliphatic heterocycles. The summed E-state index contributed by atoms with van der Waals surface area (Å²) in [4.78, 5) is 133. The van der Waals surface area contributed by atoms with E-state index in [1.165, 1.54) is 64.0 Å². The van der Waals surface area contributed by atoms with Crippen molar-refractivity contribution in [3.8, 4) is 23.0 Å². The molecule has 2 fully saturated rings. The molecule has 0 aliphatic carbocycles. The van der Waals surface area contributed by atoms with Crippen molar-refractivity contribution in [2.24, 2.45) is 0 Å². The quantitative estimate of drug-likeness (QED) is 0.0440. The molecular weight excluding hydrogens is 943 g/mol. The molecule has 2 aliphatic rings. The number of hydrogen-bond donors (Lipinski definition) is 4. The summed E-state index contributed by atoms with van der Waals surface area (Å²) in [6.07, 6.45) is 0.492. The fourth-order valence-electron chi connectivity index (χ4n) is 8.12. The number of fused-ring (bicyclic) bond motifs is 1. The molecule has 4 atom stereocenters. The number of hydrogen-bond acceptors (Lipinski definition) is 15. The van der Waals surface area contributed by atoms with E-state index in [2.05, 4.69) is 16.0 Å². The zero-order valence-corrected chi connectivity index (χ0v) is 40.3. The number of nitrogens with zero attached hydrogens (tertiary/aromatic N) is 2. The summed E-state index contributed by atoms with van der Waals surface area (Å²) in [5.74, 6) is -8.52. The molecule has 0 aromatic heterocycles. The van der Waals surface area contributed by atoms with E-state index >= 15 is 0 Å². The highest BCUT2D eigenvalue weighted by Gasteiger charge is 2.64. The predicted molar refractivity (Wildman–Crippen MR) is 253 cm³/mol. The smallest absolute Gasteiger partial charge is 0.327 e. The van der Waals surface area contributed by atoms with E-state index in [1.807, 2.05) is 0 Å². The Kier molecular flexibility index (Phi) is 16.6. The lowest BCUT2D eigenvalue weighted by Gasteiger charge is -2.44. The average molecular weight is 994 g/mol. The largest absolute Gasteiger partial charge is 0.480 e. The van der Waals surface area contributed by atoms with Gasteiger partial charge in [0, 0.05) is 57.6 Å². The zero-order valence-electron chi connectivity index (χ0n) is 39.5. The van der Waals surface area contributed by atoms with Crippen molar-refractivity contribution < 1.29 is 72.0 Å². The molecule has 4 N–H and O–H groups in total. The maximum atomic E-state index is 14.7. The molecule has 2 saturated heterocycles. The minimum Gasteiger partial charge on any atom is -0.480 e. The number of aliphatic carboxylic acids is 1. The van der Waals surface area contributed by atoms with Crippen LogP contribution in [0.5, 0.6) is 23.0 Å². The Hall–Kier alpha value is -8.07. The number of carboxylic acids is 1. The molecule has 4 aromatic rings. The zero-order chi connectivity index (χ0) is 51.7. The van der Waals surface area contributed by atoms with E-state index in [1.54, 1.807) is 62.4 Å². The van der Waals surface area contributed by atoms with Crippen LogP contribution in [0, 0.1) is 0 Å². The highest BCUT2D eigenvalue weighted by Crippen LogP contribution is 2.51. The Morgan fingerprint density at radius 3 is 1.83 bits per heavy atom. The number of ether oxygens (including phenoxy) is 4. The number of carbonyl (C=O) groups is 10. The molecule has 1 unspecified atom stereocenters. The second kappa shape index (κ2) is 22.6. The van der Waals surface area contributed by atoms with Crippen LogP contribution in [0.4, 0.5) is 0 Å². The van der Waals surface area contributed by atoms with Gasteiger partial charge in [0.2, 0.25) is 11.8 Å². The number of para-hydroxylation sites is 2. The van der Waals surface area contributed by atoms with Crippen molar-refractivity contribution in [1.29, 1.82) is 0 Å². The molecule has 71 heavy (non-hydrogen) atoms. The third-order valence-corrected chi connectivity index (χ3v) is 12.7. The molecule has 5 amide bonds. The van der Waals surface area contributed by atoms with Crippen LogP contribution in [-0.4, -0.2) is 110 Å². The molecule has 21 heteroatoms. The first-order valence-corrected chi connectivity index (χ1v) is 23.1. The Morgan fingerprint density at radius 2 is 1.24 bits per heavy atom. The first-order valence-electron chi connectivity index (χ1n) is 22.2. The van der Waals surface area contributed by atoms with Crippen LogP contribution in [-0.2, 0) is 40.1 Å². The maximum Gasteiger partial charge on any atom is 0.327 e. The third kappa shape index (κ3) is 12.4. The van der Waals surface area contributed by atoms with Crippen molar-refractivity contribution in [3.63, 3.8) is 0 Å². The van der Waals surface area contributed by atoms with Crippen molar-refractivity contribution in [2.75, 3.05) is 13.1 Å². The number of carbonyl (C=O) groups excluding carboxylic acids is 9. The number of thioether (sulfide) groups is 1. The molecule has 0 spiro atoms. The average Bonchev–Trinajstić information content (AvgIpc) is 3.57. The number of amides is 5. The van der Waals surface area contributed by atoms with Crippen LogP contribution in [0.25, 0.3) is 0 Å². The van der Waals surface area contributed by atoms with Crippen LogP contribution >= 0.6 is 11.8 Å². The van der Waals surface area contributed by atoms with E-state index in [0.29, 0.717) is 11.1 Å². The molecule has 20 nitrogen and oxygen atoms in total. The summed E-state index contributed by atoms with van der Waals surface area (Å²) in [7, 11) is 0. The first kappa shape index (κ1) is 52.3. The highest BCUT2D eigenvalue weighted by atomic mass is 32.2. The second-order valence-corrected chi connectivity index (χ2v) is 18.7. The predicted octanol–water partition coefficient (Wildman–Crippen LogP) is 4.34. The molecule has 4 aromatic carbocycles. The lowest BCUT2D eigenvalue weighted by Crippen LogP contribution is -2.71. The Labute approximate surface area is 411 Å². The maximum absolute atomic E-state index is 14.7. The van der Waals surface area contributed by atoms with Gasteiger partial charge in [-0.1, -0.05) is 60.7 Å². The van der Waals surface area contributed by atoms with Gasteiger partial charge in [0.1, 0.15) is 23.5 Å². The van der Waals surface area contributed by atoms with E-state index < -0.39 is 87.6 Å². The van der Waals surface area contributed by atoms with Gasteiger partial charge < -0.3 is 49.8 Å². The minimum absolute atomic E-state index is 0.0250. The van der Waals surface area contributed by atoms with Gasteiger partial charge >= 0.3 is 29.8 Å². The molecular formula is C50H51N5O15S. The number of benzene rings is 4. The van der Waals surface area contributed by atoms with Crippen LogP contribution in [0.1, 0.15) is 103 Å². The first-order chi connectivity index (χ1) is 33.7. The molecule has 0 saturated carbocycles. The summed E-state index contributed by atoms with van der Waals surface area (Å²) < 4.78 is 20.2. The number of unbranched alkanes of at least 4 members (excludes halogenated alkanes) is 1. The van der Waals surface area contributed by atoms with Crippen molar-refractivity contribution in [2.45, 2.75) is 89.2 Å². The van der Waals surface area contributed by atoms with Crippen molar-refractivity contribution >= 4 is 71.1 Å². The van der Waals surface area contributed by atoms with Crippen LogP contribution in [0.2, 0.25) is 0 Å². The van der Waals surface area contributed by atoms with Crippen molar-refractivity contribution in [3.05, 3.63) is 119 Å². The number of rotatable bonds is 19. The fourth-order valence-corrected chi connectivity index (χ4v) is 9.74. The monoisotopic (exact) mass is 993 g/mol. The van der Waals surface area contributed by atoms with E-state index in [9.17, 15) is 53.1 Å². The normalized spacial score (nSPS) is 16.7. The molecule has 6 rings (SSSR count). The molecule has 0 radical (unpaired) electrons. The fraction of sp³-hybridized carbons (Fsp3) is 0.320. The Bertz CT molecular complexity index is 2780. The molecule has 2 heterocycles. The van der Waals surface area contributed by atoms with Gasteiger partial charge in [-0.3, -0.25) is 43.2 Å². The van der Waals surface area contributed by atoms with Gasteiger partial charge in [0.05, 0.1) is 11.1 Å². The summed E-state index contributed by atoms with van der Waals surface area (Å²) >= 11 is 1.25. The van der Waals surface area contributed by atoms with E-state index in [4.69, 9.17) is 18.9 Å². The molecule has 372 valence electrons. The van der Waals surface area contributed by atoms with Gasteiger partial charge in [-0.2, -0.15) is 0 Å². The van der Waals surface area contributed by atoms with Crippen LogP contribution < -0.4 is 34.9 Å². The lowest BCUT2D eigenvalue weighted by molar-refractivity contribution is -0.161. The van der Waals surface area contributed by atoms with E-state index in [-0.39, 0.29) is 72.2 Å². The second-order valence-electron chi connectivity index (χ2n) is 16.9. The summed E-state index contributed by atoms with van der Waals surface area (Å²) in [6, 6.07) is 19.4. The summed E-state index contributed by atoms with van der Waals surface area (Å²) in [5.41, 5.74) is 0.490. The van der Waals surface area contributed by atoms with Crippen LogP contribution in [0.15, 0.2) is 91.0 Å². The van der Waals surface area contributed by atoms with Gasteiger partial charge in [-0.05, 0) is 68.1 Å². The SMILES string of the molecule is CC(=O)Oc1cccc(C(=O)NCCCCN(Cc2ccccc2C(=O)NC(C(=O)N[C@@H]2C(=O)N3[C@@H]2SC(C)(C)[C@@H]3C(=O)O)c2ccccc2)C(=O)c2cccc(OC(C)=O)c2OC(C)=O)c1OC(C)=O. The van der Waals surface area contributed by atoms with Gasteiger partial charge in [0.25, 0.3) is 17.7 Å². The summed E-state index contributed by atoms with van der Waals surface area (Å²) in [5, 5.41) is 17.5. The van der Waals surface area contributed by atoms with Gasteiger partial charge in [-0.15, -0.1) is 11.8 Å². The topological polar surface area (TPSA) is 270 Å². The summed E-state index contributed by atoms with van der Waals surface area (Å²) in [6.45, 7) is 7.70. The number of nitrogens with one attached hydrogen (secondary N) is 3. The highest BCUT2D eigenvalue weighted by molar-refractivity contribution is 8.01. The Morgan fingerprint density at radius 1 is 0.690 bits per heavy atom. The third-order valence-electron chi connectivity index (χ3n) is 11.1. The van der Waals surface area contributed by atoms with Crippen molar-refractivity contribution in [1.82, 2.24) is 25.8 Å². The lowest BCUT2D eigenvalue weighted by atomic mass is 9.95. The Balaban J connectivity index is 1.25. The number of esters is 4. The van der Waals surface area contributed by atoms with E-state index in [0.717, 1.165) is 27.7 Å². The number of carboxylic acid groups (broad SMARTS) is 1. The van der Waals surface area contributed by atoms with Gasteiger partial charge in [0.15, 0.2) is 23.0 Å². The number of β-lactam (4-membered cyclic amide) rings is 1. The van der Waals surface area contributed by atoms with Crippen LogP contribution in [0.3, 0.4) is 0 Å².